The molecule has 0 saturated heterocycles. The van der Waals surface area contributed by atoms with Gasteiger partial charge in [-0.3, -0.25) is 14.6 Å². The van der Waals surface area contributed by atoms with Crippen LogP contribution in [0.4, 0.5) is 0 Å². The van der Waals surface area contributed by atoms with Gasteiger partial charge in [0, 0.05) is 84.0 Å². The Morgan fingerprint density at radius 1 is 0.418 bits per heavy atom. The summed E-state index contributed by atoms with van der Waals surface area (Å²) >= 11 is 4.04. The molecule has 2 N–H and O–H groups in total. The van der Waals surface area contributed by atoms with Crippen LogP contribution in [0.3, 0.4) is 0 Å². The maximum absolute atomic E-state index is 15.4. The number of allylic oxidation sites excluding steroid dienone is 2. The van der Waals surface area contributed by atoms with Crippen molar-refractivity contribution in [2.24, 2.45) is 0 Å². The molecule has 5 aromatic rings. The standard InChI is InChI=1S/C88H127BrN4O29/c1-12-66-60(2)69-57-72-79(88(96)122-59-65-53-76(117-47-41-111-35-29-105-23-17-99-8)87(120-50-44-114-38-32-108-26-20-102-11)77(54-65)118-48-42-112-36-30-106-24-18-100-9)63(5)83(92-72)81(89)82-61(3)67(84(93-82)68-55-73(94)80-62(4)70(91-85(68)80)56-71(66)90-69)13-14-78(95)121-58-64-51-74(115-45-39-109-33-27-103-21-15-97-6)86(119-49-43-113-37-31-107-25-19-101-10)75(52-64)116-46-40-110-34-28-104-22-16-98-7/h51-54,56-57,61,67,91-92H,12-50,55,58-59H2,1-11H3/t61-,67-/m0/s1. The first-order valence-electron chi connectivity index (χ1n) is 41.7. The molecule has 0 amide bonds. The minimum atomic E-state index is -0.652. The zero-order valence-corrected chi connectivity index (χ0v) is 74.5. The van der Waals surface area contributed by atoms with Gasteiger partial charge in [-0.05, 0) is 119 Å². The number of nitrogens with zero attached hydrogens (tertiary/aromatic N) is 2. The lowest BCUT2D eigenvalue weighted by atomic mass is 9.85. The van der Waals surface area contributed by atoms with E-state index in [-0.39, 0.29) is 135 Å². The molecule has 0 spiro atoms. The first-order valence-corrected chi connectivity index (χ1v) is 42.5. The Balaban J connectivity index is 1.11. The van der Waals surface area contributed by atoms with Crippen LogP contribution in [-0.4, -0.2) is 318 Å². The van der Waals surface area contributed by atoms with Crippen molar-refractivity contribution in [3.8, 4) is 34.5 Å². The molecule has 5 heterocycles. The van der Waals surface area contributed by atoms with Crippen molar-refractivity contribution in [1.29, 1.82) is 0 Å². The van der Waals surface area contributed by atoms with E-state index in [4.69, 9.17) is 133 Å². The number of nitrogens with one attached hydrogen (secondary N) is 2. The van der Waals surface area contributed by atoms with Gasteiger partial charge in [-0.25, -0.2) is 9.78 Å². The molecule has 2 aliphatic heterocycles. The third kappa shape index (κ3) is 32.5. The zero-order valence-electron chi connectivity index (χ0n) is 72.9. The summed E-state index contributed by atoms with van der Waals surface area (Å²) in [4.78, 5) is 62.4. The summed E-state index contributed by atoms with van der Waals surface area (Å²) in [5, 5.41) is 0. The minimum absolute atomic E-state index is 0.0419. The fraction of sp³-hybridized carbons (Fsp3) is 0.625. The van der Waals surface area contributed by atoms with Gasteiger partial charge in [0.2, 0.25) is 11.5 Å². The minimum Gasteiger partial charge on any atom is -0.487 e. The monoisotopic (exact) mass is 1780 g/mol. The van der Waals surface area contributed by atoms with Crippen molar-refractivity contribution in [1.82, 2.24) is 19.9 Å². The maximum atomic E-state index is 15.4. The Morgan fingerprint density at radius 2 is 0.770 bits per heavy atom. The van der Waals surface area contributed by atoms with Crippen LogP contribution in [0.15, 0.2) is 40.9 Å². The normalized spacial score (nSPS) is 13.7. The predicted molar refractivity (Wildman–Crippen MR) is 455 cm³/mol. The van der Waals surface area contributed by atoms with E-state index in [9.17, 15) is 9.59 Å². The molecule has 8 rings (SSSR count). The van der Waals surface area contributed by atoms with Crippen LogP contribution in [0.25, 0.3) is 33.2 Å². The lowest BCUT2D eigenvalue weighted by Crippen LogP contribution is -2.16. The van der Waals surface area contributed by atoms with Gasteiger partial charge in [-0.15, -0.1) is 0 Å². The van der Waals surface area contributed by atoms with Crippen LogP contribution in [0.2, 0.25) is 0 Å². The van der Waals surface area contributed by atoms with E-state index in [1.807, 2.05) is 39.8 Å². The Morgan fingerprint density at radius 3 is 1.16 bits per heavy atom. The average molecular weight is 1780 g/mol. The largest absolute Gasteiger partial charge is 0.487 e. The van der Waals surface area contributed by atoms with Crippen molar-refractivity contribution in [2.45, 2.75) is 85.4 Å². The van der Waals surface area contributed by atoms with E-state index in [1.165, 1.54) is 0 Å². The lowest BCUT2D eigenvalue weighted by Gasteiger charge is -2.19. The lowest BCUT2D eigenvalue weighted by molar-refractivity contribution is -0.145. The molecule has 0 fully saturated rings. The van der Waals surface area contributed by atoms with Crippen LogP contribution in [0.1, 0.15) is 123 Å². The van der Waals surface area contributed by atoms with Crippen molar-refractivity contribution < 1.29 is 138 Å². The molecule has 0 unspecified atom stereocenters. The summed E-state index contributed by atoms with van der Waals surface area (Å²) in [6.07, 6.45) is 0.931. The molecule has 680 valence electrons. The van der Waals surface area contributed by atoms with Gasteiger partial charge in [-0.2, -0.15) is 0 Å². The molecular formula is C88H127BrN4O29. The number of fused-ring (bicyclic) bond motifs is 8. The summed E-state index contributed by atoms with van der Waals surface area (Å²) in [6, 6.07) is 10.8. The SMILES string of the molecule is CCC1=C(C)c2cc3[nH]c(c(C)c3C(=O)OCc3cc(OCCOCCOCCOC)c(OCCOCCOCCOC)c(OCCOCCOCCOC)c3)c(Br)c3nc(c4c5[nH]c(cc1n2)c(C)c5C(=O)C4)[C@@H](CCC(=O)OCc1cc(OCCOCCOCCOC)c(OCCOCCOCCOC)c(OCCOCCOCCOC)c1)[C@@H]3C. The number of halogens is 1. The number of esters is 2. The Labute approximate surface area is 723 Å². The number of ketones is 1. The Hall–Kier alpha value is -7.53. The highest BCUT2D eigenvalue weighted by Gasteiger charge is 2.38. The number of benzene rings is 2. The molecular weight excluding hydrogens is 1660 g/mol. The number of carbonyl (C=O) groups is 3. The number of aromatic amines is 2. The maximum Gasteiger partial charge on any atom is 0.340 e. The molecule has 122 heavy (non-hydrogen) atoms. The molecule has 0 radical (unpaired) electrons. The number of ether oxygens (including phenoxy) is 26. The fourth-order valence-corrected chi connectivity index (χ4v) is 14.3. The van der Waals surface area contributed by atoms with Crippen molar-refractivity contribution in [3.05, 3.63) is 103 Å². The molecule has 2 atom stereocenters. The second kappa shape index (κ2) is 57.9. The van der Waals surface area contributed by atoms with E-state index < -0.39 is 17.9 Å². The predicted octanol–water partition coefficient (Wildman–Crippen LogP) is 10.9. The van der Waals surface area contributed by atoms with Gasteiger partial charge in [0.1, 0.15) is 52.9 Å². The topological polar surface area (TPSA) is 349 Å². The van der Waals surface area contributed by atoms with E-state index in [1.54, 1.807) is 66.9 Å². The van der Waals surface area contributed by atoms with E-state index in [0.29, 0.717) is 260 Å². The first-order chi connectivity index (χ1) is 59.7. The number of hydrogen-bond acceptors (Lipinski definition) is 31. The van der Waals surface area contributed by atoms with Crippen LogP contribution in [0, 0.1) is 13.8 Å². The molecule has 33 nitrogen and oxygen atoms in total. The number of rotatable bonds is 69. The first kappa shape index (κ1) is 99.9. The fourth-order valence-electron chi connectivity index (χ4n) is 13.4. The number of H-pyrrole nitrogens is 2. The number of hydrogen-bond donors (Lipinski definition) is 2. The number of aryl methyl sites for hydroxylation is 2. The highest BCUT2D eigenvalue weighted by molar-refractivity contribution is 9.10. The van der Waals surface area contributed by atoms with E-state index in [0.717, 1.165) is 27.8 Å². The third-order valence-corrected chi connectivity index (χ3v) is 20.5. The van der Waals surface area contributed by atoms with Gasteiger partial charge >= 0.3 is 11.9 Å². The van der Waals surface area contributed by atoms with Gasteiger partial charge in [0.05, 0.1) is 248 Å². The Bertz CT molecular complexity index is 4070. The average Bonchev–Trinajstić information content (AvgIpc) is 1.58. The van der Waals surface area contributed by atoms with E-state index >= 15 is 4.79 Å². The summed E-state index contributed by atoms with van der Waals surface area (Å²) < 4.78 is 151. The second-order valence-corrected chi connectivity index (χ2v) is 28.9. The Kier molecular flexibility index (Phi) is 47.4. The van der Waals surface area contributed by atoms with Crippen LogP contribution in [0.5, 0.6) is 34.5 Å². The van der Waals surface area contributed by atoms with Gasteiger partial charge in [-0.1, -0.05) is 13.8 Å². The number of methoxy groups -OCH3 is 6. The van der Waals surface area contributed by atoms with Gasteiger partial charge < -0.3 is 133 Å². The van der Waals surface area contributed by atoms with E-state index in [2.05, 4.69) is 32.8 Å². The molecule has 2 aromatic carbocycles. The molecule has 3 aromatic heterocycles. The van der Waals surface area contributed by atoms with Crippen LogP contribution < -0.4 is 28.4 Å². The summed E-state index contributed by atoms with van der Waals surface area (Å²) in [6.45, 7) is 21.0. The summed E-state index contributed by atoms with van der Waals surface area (Å²) in [7, 11) is 9.68. The molecule has 8 bridgehead atoms. The molecule has 1 aliphatic carbocycles. The molecule has 34 heteroatoms. The third-order valence-electron chi connectivity index (χ3n) is 19.7. The number of Topliss-reactive ketones (excluding diaryl/α,β-unsaturated/α-hetero) is 1. The summed E-state index contributed by atoms with van der Waals surface area (Å²) in [5.41, 5.74) is 10.8. The van der Waals surface area contributed by atoms with Crippen molar-refractivity contribution in [2.75, 3.05) is 281 Å². The number of carbonyl (C=O) groups excluding carboxylic acids is 3. The smallest absolute Gasteiger partial charge is 0.340 e. The van der Waals surface area contributed by atoms with Crippen LogP contribution >= 0.6 is 15.9 Å². The highest BCUT2D eigenvalue weighted by Crippen LogP contribution is 2.48. The van der Waals surface area contributed by atoms with Gasteiger partial charge in [0.15, 0.2) is 28.8 Å². The molecule has 0 saturated carbocycles. The quantitative estimate of drug-likeness (QED) is 0.0270. The zero-order chi connectivity index (χ0) is 86.9. The number of aromatic nitrogens is 4. The second-order valence-electron chi connectivity index (χ2n) is 28.1. The van der Waals surface area contributed by atoms with Crippen molar-refractivity contribution in [3.63, 3.8) is 0 Å². The van der Waals surface area contributed by atoms with Crippen LogP contribution in [-0.2, 0) is 119 Å². The van der Waals surface area contributed by atoms with Gasteiger partial charge in [0.25, 0.3) is 0 Å². The summed E-state index contributed by atoms with van der Waals surface area (Å²) in [5.74, 6) is -0.195. The van der Waals surface area contributed by atoms with Crippen molar-refractivity contribution >= 4 is 66.9 Å². The highest BCUT2D eigenvalue weighted by atomic mass is 79.9. The molecule has 3 aliphatic rings.